The summed E-state index contributed by atoms with van der Waals surface area (Å²) in [7, 11) is 1.54. The molecule has 0 aliphatic carbocycles. The summed E-state index contributed by atoms with van der Waals surface area (Å²) < 4.78 is 10.4. The van der Waals surface area contributed by atoms with Crippen LogP contribution >= 0.6 is 0 Å². The van der Waals surface area contributed by atoms with Crippen LogP contribution in [0.5, 0.6) is 5.75 Å². The number of nitrogens with one attached hydrogen (secondary N) is 1. The zero-order valence-corrected chi connectivity index (χ0v) is 15.4. The van der Waals surface area contributed by atoms with Gasteiger partial charge in [0.15, 0.2) is 0 Å². The lowest BCUT2D eigenvalue weighted by Crippen LogP contribution is -2.40. The van der Waals surface area contributed by atoms with Crippen molar-refractivity contribution in [3.05, 3.63) is 65.5 Å². The van der Waals surface area contributed by atoms with Gasteiger partial charge in [0.2, 0.25) is 17.6 Å². The third kappa shape index (κ3) is 3.45. The molecule has 3 amide bonds. The predicted molar refractivity (Wildman–Crippen MR) is 99.9 cm³/mol. The van der Waals surface area contributed by atoms with E-state index in [1.54, 1.807) is 43.5 Å². The molecule has 146 valence electrons. The number of methoxy groups -OCH3 is 1. The smallest absolute Gasteiger partial charge is 0.262 e. The summed E-state index contributed by atoms with van der Waals surface area (Å²) in [5.41, 5.74) is 1.25. The van der Waals surface area contributed by atoms with E-state index in [0.29, 0.717) is 28.3 Å². The number of fused-ring (bicyclic) bond motifs is 1. The van der Waals surface area contributed by atoms with Crippen LogP contribution in [0.1, 0.15) is 26.6 Å². The van der Waals surface area contributed by atoms with Crippen LogP contribution in [0.2, 0.25) is 0 Å². The second kappa shape index (κ2) is 7.55. The average Bonchev–Trinajstić information content (AvgIpc) is 3.32. The second-order valence-corrected chi connectivity index (χ2v) is 6.23. The van der Waals surface area contributed by atoms with Gasteiger partial charge in [-0.1, -0.05) is 29.4 Å². The maximum absolute atomic E-state index is 12.3. The molecule has 2 aromatic carbocycles. The first kappa shape index (κ1) is 18.4. The number of ether oxygens (including phenoxy) is 1. The molecule has 29 heavy (non-hydrogen) atoms. The van der Waals surface area contributed by atoms with Crippen molar-refractivity contribution in [3.63, 3.8) is 0 Å². The summed E-state index contributed by atoms with van der Waals surface area (Å²) in [4.78, 5) is 42.0. The van der Waals surface area contributed by atoms with E-state index in [0.717, 1.165) is 4.90 Å². The molecule has 0 fully saturated rings. The SMILES string of the molecule is COc1ccccc1-c1noc(CNC(=O)CN2C(=O)c3ccccc3C2=O)n1. The van der Waals surface area contributed by atoms with Crippen molar-refractivity contribution in [1.82, 2.24) is 20.4 Å². The Morgan fingerprint density at radius 3 is 2.31 bits per heavy atom. The minimum atomic E-state index is -0.517. The van der Waals surface area contributed by atoms with E-state index < -0.39 is 17.7 Å². The lowest BCUT2D eigenvalue weighted by molar-refractivity contribution is -0.121. The summed E-state index contributed by atoms with van der Waals surface area (Å²) in [5.74, 6) is -0.395. The van der Waals surface area contributed by atoms with Crippen molar-refractivity contribution < 1.29 is 23.6 Å². The first-order valence-electron chi connectivity index (χ1n) is 8.76. The largest absolute Gasteiger partial charge is 0.496 e. The molecule has 0 spiro atoms. The third-order valence-corrected chi connectivity index (χ3v) is 4.43. The second-order valence-electron chi connectivity index (χ2n) is 6.23. The van der Waals surface area contributed by atoms with Gasteiger partial charge in [-0.15, -0.1) is 0 Å². The van der Waals surface area contributed by atoms with E-state index in [1.807, 2.05) is 12.1 Å². The molecule has 0 bridgehead atoms. The van der Waals surface area contributed by atoms with Gasteiger partial charge in [0.05, 0.1) is 30.3 Å². The van der Waals surface area contributed by atoms with E-state index in [9.17, 15) is 14.4 Å². The van der Waals surface area contributed by atoms with Gasteiger partial charge in [0.1, 0.15) is 12.3 Å². The number of carbonyl (C=O) groups excluding carboxylic acids is 3. The fourth-order valence-electron chi connectivity index (χ4n) is 3.02. The maximum atomic E-state index is 12.3. The minimum absolute atomic E-state index is 0.0375. The minimum Gasteiger partial charge on any atom is -0.496 e. The maximum Gasteiger partial charge on any atom is 0.262 e. The van der Waals surface area contributed by atoms with Gasteiger partial charge in [-0.05, 0) is 24.3 Å². The Bertz CT molecular complexity index is 1070. The number of hydrogen-bond acceptors (Lipinski definition) is 7. The van der Waals surface area contributed by atoms with Crippen LogP contribution < -0.4 is 10.1 Å². The molecule has 1 aliphatic rings. The highest BCUT2D eigenvalue weighted by Gasteiger charge is 2.36. The first-order chi connectivity index (χ1) is 14.1. The third-order valence-electron chi connectivity index (χ3n) is 4.43. The summed E-state index contributed by atoms with van der Waals surface area (Å²) in [5, 5.41) is 6.47. The van der Waals surface area contributed by atoms with Gasteiger partial charge in [0, 0.05) is 0 Å². The molecule has 1 aromatic heterocycles. The highest BCUT2D eigenvalue weighted by molar-refractivity contribution is 6.22. The van der Waals surface area contributed by atoms with Gasteiger partial charge in [-0.2, -0.15) is 4.98 Å². The van der Waals surface area contributed by atoms with E-state index in [2.05, 4.69) is 15.5 Å². The number of imide groups is 1. The van der Waals surface area contributed by atoms with E-state index in [-0.39, 0.29) is 19.0 Å². The molecule has 1 N–H and O–H groups in total. The summed E-state index contributed by atoms with van der Waals surface area (Å²) in [6.07, 6.45) is 0. The van der Waals surface area contributed by atoms with E-state index >= 15 is 0 Å². The normalized spacial score (nSPS) is 12.8. The Morgan fingerprint density at radius 1 is 1.03 bits per heavy atom. The predicted octanol–water partition coefficient (Wildman–Crippen LogP) is 1.66. The molecule has 0 saturated heterocycles. The number of hydrogen-bond donors (Lipinski definition) is 1. The zero-order valence-electron chi connectivity index (χ0n) is 15.4. The Hall–Kier alpha value is -4.01. The lowest BCUT2D eigenvalue weighted by Gasteiger charge is -2.12. The number of rotatable bonds is 6. The standard InChI is InChI=1S/C20H16N4O5/c1-28-15-9-5-4-8-14(15)18-22-17(29-23-18)10-21-16(25)11-24-19(26)12-6-2-3-7-13(12)20(24)27/h2-9H,10-11H2,1H3,(H,21,25). The topological polar surface area (TPSA) is 115 Å². The molecule has 0 atom stereocenters. The van der Waals surface area contributed by atoms with Crippen molar-refractivity contribution in [2.75, 3.05) is 13.7 Å². The number of nitrogens with zero attached hydrogens (tertiary/aromatic N) is 3. The van der Waals surface area contributed by atoms with Crippen LogP contribution in [-0.2, 0) is 11.3 Å². The van der Waals surface area contributed by atoms with Crippen LogP contribution in [0.15, 0.2) is 53.1 Å². The van der Waals surface area contributed by atoms with Gasteiger partial charge < -0.3 is 14.6 Å². The number of benzene rings is 2. The first-order valence-corrected chi connectivity index (χ1v) is 8.76. The molecule has 9 heteroatoms. The Kier molecular flexibility index (Phi) is 4.78. The van der Waals surface area contributed by atoms with Gasteiger partial charge in [-0.3, -0.25) is 19.3 Å². The molecule has 0 unspecified atom stereocenters. The van der Waals surface area contributed by atoms with Gasteiger partial charge >= 0.3 is 0 Å². The molecule has 2 heterocycles. The van der Waals surface area contributed by atoms with Crippen LogP contribution in [0, 0.1) is 0 Å². The molecule has 4 rings (SSSR count). The average molecular weight is 392 g/mol. The number of aromatic nitrogens is 2. The number of carbonyl (C=O) groups is 3. The highest BCUT2D eigenvalue weighted by atomic mass is 16.5. The van der Waals surface area contributed by atoms with Crippen LogP contribution in [0.4, 0.5) is 0 Å². The summed E-state index contributed by atoms with van der Waals surface area (Å²) >= 11 is 0. The Morgan fingerprint density at radius 2 is 1.66 bits per heavy atom. The molecule has 3 aromatic rings. The van der Waals surface area contributed by atoms with Crippen molar-refractivity contribution in [1.29, 1.82) is 0 Å². The Balaban J connectivity index is 1.38. The van der Waals surface area contributed by atoms with Crippen LogP contribution in [0.25, 0.3) is 11.4 Å². The summed E-state index contributed by atoms with van der Waals surface area (Å²) in [6, 6.07) is 13.7. The summed E-state index contributed by atoms with van der Waals surface area (Å²) in [6.45, 7) is -0.427. The van der Waals surface area contributed by atoms with E-state index in [4.69, 9.17) is 9.26 Å². The van der Waals surface area contributed by atoms with E-state index in [1.165, 1.54) is 0 Å². The fourth-order valence-corrected chi connectivity index (χ4v) is 3.02. The number of amides is 3. The molecular formula is C20H16N4O5. The van der Waals surface area contributed by atoms with Crippen molar-refractivity contribution in [3.8, 4) is 17.1 Å². The molecular weight excluding hydrogens is 376 g/mol. The van der Waals surface area contributed by atoms with Crippen molar-refractivity contribution in [2.45, 2.75) is 6.54 Å². The molecule has 9 nitrogen and oxygen atoms in total. The van der Waals surface area contributed by atoms with Crippen LogP contribution in [0.3, 0.4) is 0 Å². The highest BCUT2D eigenvalue weighted by Crippen LogP contribution is 2.27. The lowest BCUT2D eigenvalue weighted by atomic mass is 10.1. The fraction of sp³-hybridized carbons (Fsp3) is 0.150. The van der Waals surface area contributed by atoms with Crippen molar-refractivity contribution >= 4 is 17.7 Å². The quantitative estimate of drug-likeness (QED) is 0.635. The molecule has 1 aliphatic heterocycles. The monoisotopic (exact) mass is 392 g/mol. The number of para-hydroxylation sites is 1. The van der Waals surface area contributed by atoms with Crippen LogP contribution in [-0.4, -0.2) is 46.4 Å². The molecule has 0 saturated carbocycles. The van der Waals surface area contributed by atoms with Gasteiger partial charge in [0.25, 0.3) is 11.8 Å². The van der Waals surface area contributed by atoms with Gasteiger partial charge in [-0.25, -0.2) is 0 Å². The zero-order chi connectivity index (χ0) is 20.4. The van der Waals surface area contributed by atoms with Crippen molar-refractivity contribution in [2.24, 2.45) is 0 Å². The Labute approximate surface area is 165 Å². The molecule has 0 radical (unpaired) electrons.